The van der Waals surface area contributed by atoms with Gasteiger partial charge in [0, 0.05) is 18.3 Å². The summed E-state index contributed by atoms with van der Waals surface area (Å²) in [5, 5.41) is 14.2. The maximum Gasteiger partial charge on any atom is 0.440 e. The van der Waals surface area contributed by atoms with Crippen LogP contribution in [0.1, 0.15) is 17.4 Å². The fraction of sp³-hybridized carbons (Fsp3) is 0.154. The van der Waals surface area contributed by atoms with E-state index in [1.807, 2.05) is 0 Å². The molecule has 0 aliphatic rings. The van der Waals surface area contributed by atoms with Crippen LogP contribution in [0.15, 0.2) is 36.5 Å². The first kappa shape index (κ1) is 15.2. The van der Waals surface area contributed by atoms with E-state index in [0.29, 0.717) is 0 Å². The lowest BCUT2D eigenvalue weighted by Crippen LogP contribution is -2.18. The Morgan fingerprint density at radius 1 is 1.27 bits per heavy atom. The Labute approximate surface area is 124 Å². The highest BCUT2D eigenvalue weighted by atomic mass is 16.6. The molecule has 9 nitrogen and oxygen atoms in total. The summed E-state index contributed by atoms with van der Waals surface area (Å²) in [5.74, 6) is -0.534. The number of carbonyl (C=O) groups is 2. The van der Waals surface area contributed by atoms with E-state index in [-0.39, 0.29) is 23.7 Å². The van der Waals surface area contributed by atoms with Gasteiger partial charge in [-0.2, -0.15) is 9.78 Å². The summed E-state index contributed by atoms with van der Waals surface area (Å²) in [6, 6.07) is 6.29. The van der Waals surface area contributed by atoms with E-state index in [9.17, 15) is 19.7 Å². The van der Waals surface area contributed by atoms with Crippen LogP contribution in [0.25, 0.3) is 0 Å². The molecule has 0 N–H and O–H groups in total. The lowest BCUT2D eigenvalue weighted by atomic mass is 10.3. The summed E-state index contributed by atoms with van der Waals surface area (Å²) >= 11 is 0. The fourth-order valence-corrected chi connectivity index (χ4v) is 1.52. The average molecular weight is 305 g/mol. The molecular weight excluding hydrogens is 294 g/mol. The highest BCUT2D eigenvalue weighted by Gasteiger charge is 2.15. The van der Waals surface area contributed by atoms with E-state index in [1.54, 1.807) is 6.92 Å². The monoisotopic (exact) mass is 305 g/mol. The van der Waals surface area contributed by atoms with Gasteiger partial charge in [-0.3, -0.25) is 10.1 Å². The highest BCUT2D eigenvalue weighted by Crippen LogP contribution is 2.17. The number of ether oxygens (including phenoxy) is 2. The normalized spacial score (nSPS) is 10.0. The molecule has 0 bridgehead atoms. The molecule has 0 fully saturated rings. The molecule has 0 saturated heterocycles. The number of aromatic nitrogens is 2. The number of esters is 1. The summed E-state index contributed by atoms with van der Waals surface area (Å²) in [6.45, 7) is 1.84. The van der Waals surface area contributed by atoms with E-state index in [0.717, 1.165) is 4.68 Å². The van der Waals surface area contributed by atoms with Gasteiger partial charge in [0.2, 0.25) is 0 Å². The summed E-state index contributed by atoms with van der Waals surface area (Å²) in [4.78, 5) is 33.2. The van der Waals surface area contributed by atoms with Crippen molar-refractivity contribution in [2.45, 2.75) is 6.92 Å². The summed E-state index contributed by atoms with van der Waals surface area (Å²) in [7, 11) is 0. The zero-order valence-electron chi connectivity index (χ0n) is 11.5. The van der Waals surface area contributed by atoms with E-state index in [4.69, 9.17) is 9.47 Å². The number of nitro benzene ring substituents is 1. The van der Waals surface area contributed by atoms with Gasteiger partial charge in [0.05, 0.1) is 11.5 Å². The predicted octanol–water partition coefficient (Wildman–Crippen LogP) is 2.02. The van der Waals surface area contributed by atoms with Gasteiger partial charge in [-0.05, 0) is 25.1 Å². The summed E-state index contributed by atoms with van der Waals surface area (Å²) in [6.07, 6.45) is 0.393. The molecule has 114 valence electrons. The number of benzene rings is 1. The average Bonchev–Trinajstić information content (AvgIpc) is 2.98. The van der Waals surface area contributed by atoms with Crippen molar-refractivity contribution in [3.63, 3.8) is 0 Å². The van der Waals surface area contributed by atoms with Crippen molar-refractivity contribution in [1.29, 1.82) is 0 Å². The van der Waals surface area contributed by atoms with Crippen molar-refractivity contribution in [3.8, 4) is 5.75 Å². The largest absolute Gasteiger partial charge is 0.461 e. The molecule has 0 aliphatic heterocycles. The van der Waals surface area contributed by atoms with Crippen molar-refractivity contribution in [2.75, 3.05) is 6.61 Å². The van der Waals surface area contributed by atoms with Crippen molar-refractivity contribution >= 4 is 17.7 Å². The minimum absolute atomic E-state index is 0.0255. The molecule has 1 heterocycles. The molecule has 1 aromatic heterocycles. The Hall–Kier alpha value is -3.23. The standard InChI is InChI=1S/C13H11N3O6/c1-2-21-12(17)11-7-8-15(14-11)13(18)22-10-5-3-9(4-6-10)16(19)20/h3-8H,2H2,1H3. The first-order valence-corrected chi connectivity index (χ1v) is 6.20. The van der Waals surface area contributed by atoms with Gasteiger partial charge < -0.3 is 9.47 Å². The second-order valence-electron chi connectivity index (χ2n) is 3.98. The number of non-ortho nitro benzene ring substituents is 1. The van der Waals surface area contributed by atoms with Crippen LogP contribution in [0.3, 0.4) is 0 Å². The Morgan fingerprint density at radius 2 is 1.95 bits per heavy atom. The van der Waals surface area contributed by atoms with Gasteiger partial charge in [-0.25, -0.2) is 9.59 Å². The van der Waals surface area contributed by atoms with Crippen molar-refractivity contribution in [2.24, 2.45) is 0 Å². The minimum Gasteiger partial charge on any atom is -0.461 e. The van der Waals surface area contributed by atoms with Crippen molar-refractivity contribution in [1.82, 2.24) is 9.78 Å². The van der Waals surface area contributed by atoms with E-state index < -0.39 is 17.0 Å². The molecule has 0 aliphatic carbocycles. The molecule has 9 heteroatoms. The molecule has 0 spiro atoms. The number of nitro groups is 1. The predicted molar refractivity (Wildman–Crippen MR) is 72.7 cm³/mol. The summed E-state index contributed by atoms with van der Waals surface area (Å²) in [5.41, 5.74) is -0.147. The molecule has 0 atom stereocenters. The molecule has 0 unspecified atom stereocenters. The van der Waals surface area contributed by atoms with Crippen LogP contribution in [0, 0.1) is 10.1 Å². The third-order valence-corrected chi connectivity index (χ3v) is 2.51. The van der Waals surface area contributed by atoms with Crippen LogP contribution in [-0.4, -0.2) is 33.4 Å². The number of nitrogens with zero attached hydrogens (tertiary/aromatic N) is 3. The van der Waals surface area contributed by atoms with Crippen LogP contribution in [-0.2, 0) is 4.74 Å². The molecule has 0 amide bonds. The number of rotatable bonds is 4. The van der Waals surface area contributed by atoms with Crippen molar-refractivity contribution < 1.29 is 24.0 Å². The van der Waals surface area contributed by atoms with Crippen LogP contribution in [0.5, 0.6) is 5.75 Å². The van der Waals surface area contributed by atoms with Gasteiger partial charge in [0.1, 0.15) is 5.75 Å². The number of hydrogen-bond acceptors (Lipinski definition) is 7. The number of hydrogen-bond donors (Lipinski definition) is 0. The highest BCUT2D eigenvalue weighted by molar-refractivity contribution is 5.87. The van der Waals surface area contributed by atoms with E-state index in [2.05, 4.69) is 5.10 Å². The van der Waals surface area contributed by atoms with E-state index >= 15 is 0 Å². The minimum atomic E-state index is -0.857. The van der Waals surface area contributed by atoms with Crippen LogP contribution in [0.2, 0.25) is 0 Å². The molecule has 0 radical (unpaired) electrons. The Morgan fingerprint density at radius 3 is 2.55 bits per heavy atom. The third-order valence-electron chi connectivity index (χ3n) is 2.51. The van der Waals surface area contributed by atoms with Gasteiger partial charge in [0.25, 0.3) is 5.69 Å². The first-order chi connectivity index (χ1) is 10.5. The summed E-state index contributed by atoms with van der Waals surface area (Å²) < 4.78 is 10.5. The first-order valence-electron chi connectivity index (χ1n) is 6.20. The third kappa shape index (κ3) is 3.45. The smallest absolute Gasteiger partial charge is 0.440 e. The van der Waals surface area contributed by atoms with Crippen LogP contribution >= 0.6 is 0 Å². The lowest BCUT2D eigenvalue weighted by molar-refractivity contribution is -0.384. The van der Waals surface area contributed by atoms with Gasteiger partial charge in [0.15, 0.2) is 5.69 Å². The maximum absolute atomic E-state index is 11.8. The second-order valence-corrected chi connectivity index (χ2v) is 3.98. The second kappa shape index (κ2) is 6.48. The Bertz CT molecular complexity index is 707. The fourth-order valence-electron chi connectivity index (χ4n) is 1.52. The zero-order chi connectivity index (χ0) is 16.1. The Kier molecular flexibility index (Phi) is 4.47. The van der Waals surface area contributed by atoms with Gasteiger partial charge in [-0.15, -0.1) is 0 Å². The molecule has 2 rings (SSSR count). The molecular formula is C13H11N3O6. The molecule has 2 aromatic rings. The maximum atomic E-state index is 11.8. The lowest BCUT2D eigenvalue weighted by Gasteiger charge is -2.03. The van der Waals surface area contributed by atoms with Crippen molar-refractivity contribution in [3.05, 3.63) is 52.3 Å². The molecule has 1 aromatic carbocycles. The number of carbonyl (C=O) groups excluding carboxylic acids is 2. The SMILES string of the molecule is CCOC(=O)c1ccn(C(=O)Oc2ccc([N+](=O)[O-])cc2)n1. The Balaban J connectivity index is 2.06. The topological polar surface area (TPSA) is 114 Å². The quantitative estimate of drug-likeness (QED) is 0.482. The van der Waals surface area contributed by atoms with Gasteiger partial charge >= 0.3 is 12.1 Å². The van der Waals surface area contributed by atoms with E-state index in [1.165, 1.54) is 36.5 Å². The zero-order valence-corrected chi connectivity index (χ0v) is 11.5. The van der Waals surface area contributed by atoms with Crippen LogP contribution < -0.4 is 4.74 Å². The molecule has 0 saturated carbocycles. The van der Waals surface area contributed by atoms with Gasteiger partial charge in [-0.1, -0.05) is 0 Å². The molecule has 22 heavy (non-hydrogen) atoms. The van der Waals surface area contributed by atoms with Crippen LogP contribution in [0.4, 0.5) is 10.5 Å².